The molecule has 3 nitrogen and oxygen atoms in total. The van der Waals surface area contributed by atoms with Gasteiger partial charge in [0.15, 0.2) is 0 Å². The maximum absolute atomic E-state index is 5.68. The monoisotopic (exact) mass is 208 g/mol. The molecule has 4 heteroatoms. The lowest BCUT2D eigenvalue weighted by Gasteiger charge is -1.96. The van der Waals surface area contributed by atoms with E-state index in [0.29, 0.717) is 17.6 Å². The van der Waals surface area contributed by atoms with Crippen LogP contribution in [0, 0.1) is 6.92 Å². The molecule has 72 valence electrons. The topological polar surface area (TPSA) is 38.9 Å². The maximum atomic E-state index is 5.68. The van der Waals surface area contributed by atoms with Crippen molar-refractivity contribution in [1.82, 2.24) is 10.1 Å². The number of aromatic nitrogens is 2. The zero-order valence-electron chi connectivity index (χ0n) is 7.70. The van der Waals surface area contributed by atoms with E-state index < -0.39 is 0 Å². The van der Waals surface area contributed by atoms with E-state index in [2.05, 4.69) is 10.1 Å². The van der Waals surface area contributed by atoms with Crippen LogP contribution in [-0.2, 0) is 5.88 Å². The summed E-state index contributed by atoms with van der Waals surface area (Å²) in [6.07, 6.45) is 0. The number of halogens is 1. The predicted octanol–water partition coefficient (Wildman–Crippen LogP) is 2.78. The molecule has 0 N–H and O–H groups in total. The first-order valence-electron chi connectivity index (χ1n) is 4.25. The van der Waals surface area contributed by atoms with Crippen LogP contribution < -0.4 is 0 Å². The van der Waals surface area contributed by atoms with Gasteiger partial charge >= 0.3 is 0 Å². The SMILES string of the molecule is Cc1nc(-c2ccc(CCl)cc2)no1. The van der Waals surface area contributed by atoms with E-state index in [1.165, 1.54) is 0 Å². The molecule has 0 bridgehead atoms. The number of rotatable bonds is 2. The van der Waals surface area contributed by atoms with E-state index >= 15 is 0 Å². The molecule has 0 aliphatic rings. The van der Waals surface area contributed by atoms with Crippen molar-refractivity contribution in [3.05, 3.63) is 35.7 Å². The van der Waals surface area contributed by atoms with Crippen LogP contribution in [0.15, 0.2) is 28.8 Å². The van der Waals surface area contributed by atoms with Crippen LogP contribution in [0.4, 0.5) is 0 Å². The number of hydrogen-bond acceptors (Lipinski definition) is 3. The number of alkyl halides is 1. The van der Waals surface area contributed by atoms with E-state index in [9.17, 15) is 0 Å². The van der Waals surface area contributed by atoms with Gasteiger partial charge in [0.2, 0.25) is 11.7 Å². The Morgan fingerprint density at radius 3 is 2.50 bits per heavy atom. The van der Waals surface area contributed by atoms with Gasteiger partial charge in [0, 0.05) is 18.4 Å². The Labute approximate surface area is 86.7 Å². The first kappa shape index (κ1) is 9.21. The summed E-state index contributed by atoms with van der Waals surface area (Å²) in [5.74, 6) is 1.70. The molecule has 0 fully saturated rings. The number of nitrogens with zero attached hydrogens (tertiary/aromatic N) is 2. The number of hydrogen-bond donors (Lipinski definition) is 0. The second-order valence-electron chi connectivity index (χ2n) is 2.97. The van der Waals surface area contributed by atoms with E-state index in [-0.39, 0.29) is 0 Å². The van der Waals surface area contributed by atoms with Crippen LogP contribution in [0.25, 0.3) is 11.4 Å². The van der Waals surface area contributed by atoms with Gasteiger partial charge in [-0.2, -0.15) is 4.98 Å². The molecule has 0 spiro atoms. The van der Waals surface area contributed by atoms with E-state index in [1.54, 1.807) is 6.92 Å². The average molecular weight is 209 g/mol. The molecule has 0 aliphatic carbocycles. The summed E-state index contributed by atoms with van der Waals surface area (Å²) in [4.78, 5) is 4.13. The lowest BCUT2D eigenvalue weighted by atomic mass is 10.1. The summed E-state index contributed by atoms with van der Waals surface area (Å²) in [5, 5.41) is 3.82. The standard InChI is InChI=1S/C10H9ClN2O/c1-7-12-10(13-14-7)9-4-2-8(6-11)3-5-9/h2-5H,6H2,1H3. The molecule has 2 rings (SSSR count). The summed E-state index contributed by atoms with van der Waals surface area (Å²) in [6.45, 7) is 1.77. The Morgan fingerprint density at radius 1 is 1.29 bits per heavy atom. The molecule has 0 amide bonds. The highest BCUT2D eigenvalue weighted by Crippen LogP contribution is 2.16. The molecule has 2 aromatic rings. The van der Waals surface area contributed by atoms with E-state index in [0.717, 1.165) is 11.1 Å². The third kappa shape index (κ3) is 1.77. The van der Waals surface area contributed by atoms with Crippen molar-refractivity contribution in [3.63, 3.8) is 0 Å². The first-order chi connectivity index (χ1) is 6.79. The molecule has 0 radical (unpaired) electrons. The minimum Gasteiger partial charge on any atom is -0.339 e. The Morgan fingerprint density at radius 2 is 2.00 bits per heavy atom. The molecule has 0 unspecified atom stereocenters. The minimum absolute atomic E-state index is 0.519. The van der Waals surface area contributed by atoms with Gasteiger partial charge in [0.1, 0.15) is 0 Å². The molecule has 0 saturated heterocycles. The van der Waals surface area contributed by atoms with Gasteiger partial charge < -0.3 is 4.52 Å². The van der Waals surface area contributed by atoms with Gasteiger partial charge in [-0.05, 0) is 5.56 Å². The van der Waals surface area contributed by atoms with E-state index in [1.807, 2.05) is 24.3 Å². The zero-order valence-corrected chi connectivity index (χ0v) is 8.45. The fraction of sp³-hybridized carbons (Fsp3) is 0.200. The highest BCUT2D eigenvalue weighted by Gasteiger charge is 2.04. The molecule has 1 aromatic carbocycles. The Balaban J connectivity index is 2.33. The number of aryl methyl sites for hydroxylation is 1. The zero-order chi connectivity index (χ0) is 9.97. The van der Waals surface area contributed by atoms with Gasteiger partial charge in [0.25, 0.3) is 0 Å². The second-order valence-corrected chi connectivity index (χ2v) is 3.23. The highest BCUT2D eigenvalue weighted by molar-refractivity contribution is 6.17. The summed E-state index contributed by atoms with van der Waals surface area (Å²) >= 11 is 5.68. The van der Waals surface area contributed by atoms with Crippen molar-refractivity contribution in [2.45, 2.75) is 12.8 Å². The van der Waals surface area contributed by atoms with Crippen LogP contribution in [-0.4, -0.2) is 10.1 Å². The smallest absolute Gasteiger partial charge is 0.223 e. The van der Waals surface area contributed by atoms with Gasteiger partial charge in [-0.15, -0.1) is 11.6 Å². The average Bonchev–Trinajstić information content (AvgIpc) is 2.65. The molecule has 0 aliphatic heterocycles. The van der Waals surface area contributed by atoms with Crippen LogP contribution in [0.2, 0.25) is 0 Å². The Kier molecular flexibility index (Phi) is 2.50. The summed E-state index contributed by atoms with van der Waals surface area (Å²) in [6, 6.07) is 7.77. The van der Waals surface area contributed by atoms with Gasteiger partial charge in [0.05, 0.1) is 0 Å². The van der Waals surface area contributed by atoms with Crippen molar-refractivity contribution >= 4 is 11.6 Å². The normalized spacial score (nSPS) is 10.4. The predicted molar refractivity (Wildman–Crippen MR) is 54.0 cm³/mol. The quantitative estimate of drug-likeness (QED) is 0.713. The molecular weight excluding hydrogens is 200 g/mol. The molecule has 0 atom stereocenters. The molecule has 14 heavy (non-hydrogen) atoms. The summed E-state index contributed by atoms with van der Waals surface area (Å²) in [5.41, 5.74) is 2.02. The molecule has 1 aromatic heterocycles. The highest BCUT2D eigenvalue weighted by atomic mass is 35.5. The summed E-state index contributed by atoms with van der Waals surface area (Å²) < 4.78 is 4.89. The fourth-order valence-electron chi connectivity index (χ4n) is 1.16. The second kappa shape index (κ2) is 3.80. The third-order valence-electron chi connectivity index (χ3n) is 1.89. The first-order valence-corrected chi connectivity index (χ1v) is 4.78. The van der Waals surface area contributed by atoms with Gasteiger partial charge in [-0.3, -0.25) is 0 Å². The lowest BCUT2D eigenvalue weighted by molar-refractivity contribution is 0.394. The third-order valence-corrected chi connectivity index (χ3v) is 2.20. The largest absolute Gasteiger partial charge is 0.339 e. The van der Waals surface area contributed by atoms with Crippen LogP contribution in [0.3, 0.4) is 0 Å². The Hall–Kier alpha value is -1.35. The van der Waals surface area contributed by atoms with E-state index in [4.69, 9.17) is 16.1 Å². The van der Waals surface area contributed by atoms with Crippen molar-refractivity contribution < 1.29 is 4.52 Å². The maximum Gasteiger partial charge on any atom is 0.223 e. The summed E-state index contributed by atoms with van der Waals surface area (Å²) in [7, 11) is 0. The van der Waals surface area contributed by atoms with Crippen LogP contribution in [0.1, 0.15) is 11.5 Å². The molecule has 0 saturated carbocycles. The van der Waals surface area contributed by atoms with Crippen molar-refractivity contribution in [2.75, 3.05) is 0 Å². The molecule has 1 heterocycles. The molecular formula is C10H9ClN2O. The Bertz CT molecular complexity index is 422. The van der Waals surface area contributed by atoms with Crippen molar-refractivity contribution in [3.8, 4) is 11.4 Å². The van der Waals surface area contributed by atoms with Crippen molar-refractivity contribution in [1.29, 1.82) is 0 Å². The lowest BCUT2D eigenvalue weighted by Crippen LogP contribution is -1.82. The van der Waals surface area contributed by atoms with Crippen LogP contribution >= 0.6 is 11.6 Å². The fourth-order valence-corrected chi connectivity index (χ4v) is 1.34. The van der Waals surface area contributed by atoms with Gasteiger partial charge in [-0.25, -0.2) is 0 Å². The van der Waals surface area contributed by atoms with Crippen LogP contribution in [0.5, 0.6) is 0 Å². The van der Waals surface area contributed by atoms with Gasteiger partial charge in [-0.1, -0.05) is 29.4 Å². The van der Waals surface area contributed by atoms with Crippen molar-refractivity contribution in [2.24, 2.45) is 0 Å². The minimum atomic E-state index is 0.519. The number of benzene rings is 1.